The van der Waals surface area contributed by atoms with Gasteiger partial charge in [-0.1, -0.05) is 55.0 Å². The smallest absolute Gasteiger partial charge is 0.322 e. The first kappa shape index (κ1) is 23.1. The quantitative estimate of drug-likeness (QED) is 0.484. The maximum Gasteiger partial charge on any atom is 0.322 e. The number of hydrogen-bond acceptors (Lipinski definition) is 3. The number of aryl methyl sites for hydroxylation is 1. The van der Waals surface area contributed by atoms with Crippen molar-refractivity contribution in [2.24, 2.45) is 0 Å². The number of nitrogens with zero attached hydrogens (tertiary/aromatic N) is 2. The number of furan rings is 1. The van der Waals surface area contributed by atoms with Gasteiger partial charge in [0, 0.05) is 18.8 Å². The molecule has 168 valence electrons. The summed E-state index contributed by atoms with van der Waals surface area (Å²) in [6.07, 6.45) is 3.10. The highest BCUT2D eigenvalue weighted by molar-refractivity contribution is 5.92. The van der Waals surface area contributed by atoms with Crippen molar-refractivity contribution < 1.29 is 14.0 Å². The van der Waals surface area contributed by atoms with Crippen molar-refractivity contribution in [3.8, 4) is 0 Å². The van der Waals surface area contributed by atoms with Crippen molar-refractivity contribution in [2.75, 3.05) is 25.0 Å². The average molecular weight is 434 g/mol. The van der Waals surface area contributed by atoms with Gasteiger partial charge < -0.3 is 19.5 Å². The molecule has 1 heterocycles. The number of carbonyl (C=O) groups excluding carboxylic acids is 2. The molecule has 32 heavy (non-hydrogen) atoms. The minimum absolute atomic E-state index is 0.0149. The molecule has 0 unspecified atom stereocenters. The predicted octanol–water partition coefficient (Wildman–Crippen LogP) is 5.10. The van der Waals surface area contributed by atoms with Crippen LogP contribution in [0.25, 0.3) is 0 Å². The zero-order valence-electron chi connectivity index (χ0n) is 18.8. The molecule has 0 radical (unpaired) electrons. The Bertz CT molecular complexity index is 969. The molecule has 0 saturated carbocycles. The van der Waals surface area contributed by atoms with Crippen LogP contribution >= 0.6 is 0 Å². The Labute approximate surface area is 189 Å². The lowest BCUT2D eigenvalue weighted by Crippen LogP contribution is -2.45. The van der Waals surface area contributed by atoms with Gasteiger partial charge in [-0.2, -0.15) is 0 Å². The Morgan fingerprint density at radius 2 is 1.66 bits per heavy atom. The van der Waals surface area contributed by atoms with Crippen molar-refractivity contribution in [1.29, 1.82) is 0 Å². The van der Waals surface area contributed by atoms with Crippen molar-refractivity contribution in [3.63, 3.8) is 0 Å². The van der Waals surface area contributed by atoms with E-state index in [1.54, 1.807) is 16.1 Å². The van der Waals surface area contributed by atoms with E-state index in [1.165, 1.54) is 0 Å². The summed E-state index contributed by atoms with van der Waals surface area (Å²) in [7, 11) is 0. The Hall–Kier alpha value is -3.54. The van der Waals surface area contributed by atoms with Gasteiger partial charge in [-0.15, -0.1) is 0 Å². The van der Waals surface area contributed by atoms with E-state index < -0.39 is 0 Å². The largest absolute Gasteiger partial charge is 0.467 e. The number of hydrogen-bond donors (Lipinski definition) is 1. The average Bonchev–Trinajstić information content (AvgIpc) is 3.31. The summed E-state index contributed by atoms with van der Waals surface area (Å²) < 4.78 is 5.47. The molecule has 0 aliphatic rings. The summed E-state index contributed by atoms with van der Waals surface area (Å²) in [6, 6.07) is 21.1. The van der Waals surface area contributed by atoms with E-state index in [0.717, 1.165) is 29.7 Å². The van der Waals surface area contributed by atoms with Crippen LogP contribution in [0.15, 0.2) is 77.4 Å². The SMILES string of the molecule is CCCN(CC(=O)N(CCc1ccccc1)Cc1ccco1)C(=O)Nc1ccc(C)cc1. The summed E-state index contributed by atoms with van der Waals surface area (Å²) in [4.78, 5) is 29.4. The maximum atomic E-state index is 13.2. The van der Waals surface area contributed by atoms with Crippen molar-refractivity contribution in [2.45, 2.75) is 33.2 Å². The minimum atomic E-state index is -0.273. The van der Waals surface area contributed by atoms with Crippen molar-refractivity contribution >= 4 is 17.6 Å². The zero-order valence-corrected chi connectivity index (χ0v) is 18.8. The second-order valence-electron chi connectivity index (χ2n) is 7.85. The van der Waals surface area contributed by atoms with Crippen LogP contribution in [-0.2, 0) is 17.8 Å². The summed E-state index contributed by atoms with van der Waals surface area (Å²) >= 11 is 0. The Kier molecular flexibility index (Phi) is 8.49. The van der Waals surface area contributed by atoms with Crippen LogP contribution in [0, 0.1) is 6.92 Å². The summed E-state index contributed by atoms with van der Waals surface area (Å²) in [5.41, 5.74) is 2.99. The number of rotatable bonds is 10. The fourth-order valence-electron chi connectivity index (χ4n) is 3.42. The van der Waals surface area contributed by atoms with Gasteiger partial charge in [-0.25, -0.2) is 4.79 Å². The van der Waals surface area contributed by atoms with Gasteiger partial charge in [0.15, 0.2) is 0 Å². The molecule has 0 atom stereocenters. The van der Waals surface area contributed by atoms with E-state index in [-0.39, 0.29) is 18.5 Å². The van der Waals surface area contributed by atoms with E-state index in [9.17, 15) is 9.59 Å². The topological polar surface area (TPSA) is 65.8 Å². The highest BCUT2D eigenvalue weighted by atomic mass is 16.3. The molecule has 0 bridgehead atoms. The standard InChI is InChI=1S/C26H31N3O3/c1-3-16-29(26(31)27-23-13-11-21(2)12-14-23)20-25(30)28(19-24-10-7-18-32-24)17-15-22-8-5-4-6-9-22/h4-14,18H,3,15-17,19-20H2,1-2H3,(H,27,31). The highest BCUT2D eigenvalue weighted by Crippen LogP contribution is 2.12. The number of carbonyl (C=O) groups is 2. The molecule has 3 rings (SSSR count). The van der Waals surface area contributed by atoms with E-state index in [2.05, 4.69) is 5.32 Å². The van der Waals surface area contributed by atoms with E-state index in [1.807, 2.05) is 80.6 Å². The van der Waals surface area contributed by atoms with Gasteiger partial charge in [-0.05, 0) is 49.6 Å². The summed E-state index contributed by atoms with van der Waals surface area (Å²) in [5.74, 6) is 0.613. The lowest BCUT2D eigenvalue weighted by molar-refractivity contribution is -0.132. The number of nitrogens with one attached hydrogen (secondary N) is 1. The molecule has 6 heteroatoms. The fraction of sp³-hybridized carbons (Fsp3) is 0.308. The monoisotopic (exact) mass is 433 g/mol. The molecule has 3 aromatic rings. The van der Waals surface area contributed by atoms with Crippen LogP contribution in [0.4, 0.5) is 10.5 Å². The third-order valence-electron chi connectivity index (χ3n) is 5.20. The molecule has 0 fully saturated rings. The summed E-state index contributed by atoms with van der Waals surface area (Å²) in [5, 5.41) is 2.90. The minimum Gasteiger partial charge on any atom is -0.467 e. The van der Waals surface area contributed by atoms with Gasteiger partial charge in [0.05, 0.1) is 12.8 Å². The van der Waals surface area contributed by atoms with Crippen molar-refractivity contribution in [3.05, 3.63) is 89.9 Å². The lowest BCUT2D eigenvalue weighted by atomic mass is 10.1. The highest BCUT2D eigenvalue weighted by Gasteiger charge is 2.22. The molecule has 0 aliphatic carbocycles. The van der Waals surface area contributed by atoms with Crippen LogP contribution in [0.5, 0.6) is 0 Å². The van der Waals surface area contributed by atoms with Crippen LogP contribution in [-0.4, -0.2) is 41.4 Å². The molecule has 0 aliphatic heterocycles. The van der Waals surface area contributed by atoms with Gasteiger partial charge >= 0.3 is 6.03 Å². The van der Waals surface area contributed by atoms with Gasteiger partial charge in [0.1, 0.15) is 12.3 Å². The summed E-state index contributed by atoms with van der Waals surface area (Å²) in [6.45, 7) is 5.42. The van der Waals surface area contributed by atoms with Crippen LogP contribution in [0.3, 0.4) is 0 Å². The van der Waals surface area contributed by atoms with E-state index in [4.69, 9.17) is 4.42 Å². The third-order valence-corrected chi connectivity index (χ3v) is 5.20. The number of urea groups is 1. The van der Waals surface area contributed by atoms with E-state index in [0.29, 0.717) is 25.3 Å². The maximum absolute atomic E-state index is 13.2. The molecule has 3 amide bonds. The Morgan fingerprint density at radius 3 is 2.31 bits per heavy atom. The second-order valence-corrected chi connectivity index (χ2v) is 7.85. The molecular formula is C26H31N3O3. The Balaban J connectivity index is 1.67. The van der Waals surface area contributed by atoms with Crippen LogP contribution in [0.2, 0.25) is 0 Å². The molecule has 2 aromatic carbocycles. The molecule has 1 aromatic heterocycles. The number of amides is 3. The fourth-order valence-corrected chi connectivity index (χ4v) is 3.42. The van der Waals surface area contributed by atoms with E-state index >= 15 is 0 Å². The van der Waals surface area contributed by atoms with Gasteiger partial charge in [0.2, 0.25) is 5.91 Å². The second kappa shape index (κ2) is 11.7. The lowest BCUT2D eigenvalue weighted by Gasteiger charge is -2.27. The molecule has 6 nitrogen and oxygen atoms in total. The van der Waals surface area contributed by atoms with Crippen LogP contribution in [0.1, 0.15) is 30.2 Å². The molecule has 0 saturated heterocycles. The van der Waals surface area contributed by atoms with Gasteiger partial charge in [0.25, 0.3) is 0 Å². The van der Waals surface area contributed by atoms with Crippen molar-refractivity contribution in [1.82, 2.24) is 9.80 Å². The molecular weight excluding hydrogens is 402 g/mol. The molecule has 1 N–H and O–H groups in total. The Morgan fingerprint density at radius 1 is 0.906 bits per heavy atom. The third kappa shape index (κ3) is 7.01. The zero-order chi connectivity index (χ0) is 22.8. The van der Waals surface area contributed by atoms with Gasteiger partial charge in [-0.3, -0.25) is 4.79 Å². The molecule has 0 spiro atoms. The normalized spacial score (nSPS) is 10.6. The van der Waals surface area contributed by atoms with Crippen LogP contribution < -0.4 is 5.32 Å². The number of benzene rings is 2. The number of anilines is 1. The first-order valence-electron chi connectivity index (χ1n) is 11.0. The first-order chi connectivity index (χ1) is 15.5. The predicted molar refractivity (Wildman–Crippen MR) is 126 cm³/mol. The first-order valence-corrected chi connectivity index (χ1v) is 11.0.